The number of rotatable bonds is 6. The monoisotopic (exact) mass is 392 g/mol. The maximum Gasteiger partial charge on any atom is 0.223 e. The van der Waals surface area contributed by atoms with Crippen LogP contribution in [0.1, 0.15) is 17.9 Å². The maximum atomic E-state index is 12.3. The molecule has 0 saturated heterocycles. The fraction of sp³-hybridized carbons (Fsp3) is 0.278. The first kappa shape index (κ1) is 18.5. The van der Waals surface area contributed by atoms with Gasteiger partial charge in [-0.05, 0) is 18.2 Å². The molecule has 3 rings (SSSR count). The van der Waals surface area contributed by atoms with Gasteiger partial charge in [-0.25, -0.2) is 4.98 Å². The van der Waals surface area contributed by atoms with Gasteiger partial charge in [0.25, 0.3) is 0 Å². The lowest BCUT2D eigenvalue weighted by Gasteiger charge is -2.15. The van der Waals surface area contributed by atoms with Crippen molar-refractivity contribution < 1.29 is 9.21 Å². The fourth-order valence-corrected chi connectivity index (χ4v) is 3.06. The molecule has 0 N–H and O–H groups in total. The van der Waals surface area contributed by atoms with Gasteiger partial charge in [-0.2, -0.15) is 5.10 Å². The molecule has 136 valence electrons. The number of hydrogen-bond donors (Lipinski definition) is 0. The molecule has 0 unspecified atom stereocenters. The van der Waals surface area contributed by atoms with Gasteiger partial charge in [0.05, 0.1) is 17.4 Å². The largest absolute Gasteiger partial charge is 0.441 e. The molecule has 0 saturated carbocycles. The zero-order valence-corrected chi connectivity index (χ0v) is 16.0. The Balaban J connectivity index is 1.58. The van der Waals surface area contributed by atoms with Crippen molar-refractivity contribution in [2.45, 2.75) is 19.4 Å². The molecular formula is C18H18Cl2N4O2. The SMILES string of the molecule is CN(Cc1cnn(C)c1)C(=O)CCc1ncc(-c2ccc(Cl)cc2Cl)o1. The Morgan fingerprint density at radius 3 is 2.81 bits per heavy atom. The molecule has 2 heterocycles. The lowest BCUT2D eigenvalue weighted by atomic mass is 10.2. The van der Waals surface area contributed by atoms with E-state index in [-0.39, 0.29) is 5.91 Å². The fourth-order valence-electron chi connectivity index (χ4n) is 2.56. The lowest BCUT2D eigenvalue weighted by molar-refractivity contribution is -0.130. The molecule has 3 aromatic rings. The molecule has 0 aliphatic rings. The summed E-state index contributed by atoms with van der Waals surface area (Å²) in [5, 5.41) is 5.15. The van der Waals surface area contributed by atoms with Crippen molar-refractivity contribution >= 4 is 29.1 Å². The van der Waals surface area contributed by atoms with E-state index in [0.29, 0.717) is 41.1 Å². The van der Waals surface area contributed by atoms with Gasteiger partial charge >= 0.3 is 0 Å². The van der Waals surface area contributed by atoms with Gasteiger partial charge in [0.2, 0.25) is 5.91 Å². The van der Waals surface area contributed by atoms with Crippen LogP contribution >= 0.6 is 23.2 Å². The molecule has 0 fully saturated rings. The second kappa shape index (κ2) is 7.93. The van der Waals surface area contributed by atoms with Crippen molar-refractivity contribution in [3.63, 3.8) is 0 Å². The van der Waals surface area contributed by atoms with Crippen LogP contribution < -0.4 is 0 Å². The van der Waals surface area contributed by atoms with Crippen LogP contribution in [-0.4, -0.2) is 32.6 Å². The van der Waals surface area contributed by atoms with Gasteiger partial charge in [0.15, 0.2) is 11.7 Å². The van der Waals surface area contributed by atoms with E-state index >= 15 is 0 Å². The van der Waals surface area contributed by atoms with E-state index in [1.807, 2.05) is 13.2 Å². The average Bonchev–Trinajstić information content (AvgIpc) is 3.21. The Morgan fingerprint density at radius 2 is 2.12 bits per heavy atom. The number of carbonyl (C=O) groups is 1. The molecule has 1 amide bonds. The van der Waals surface area contributed by atoms with Crippen LogP contribution in [0.5, 0.6) is 0 Å². The number of halogens is 2. The Bertz CT molecular complexity index is 920. The van der Waals surface area contributed by atoms with Crippen LogP contribution in [0, 0.1) is 0 Å². The number of benzene rings is 1. The van der Waals surface area contributed by atoms with Gasteiger partial charge in [-0.1, -0.05) is 23.2 Å². The summed E-state index contributed by atoms with van der Waals surface area (Å²) in [6.45, 7) is 0.518. The number of aryl methyl sites for hydroxylation is 2. The van der Waals surface area contributed by atoms with Crippen molar-refractivity contribution in [2.75, 3.05) is 7.05 Å². The Labute approximate surface area is 161 Å². The minimum atomic E-state index is 0.0122. The molecule has 1 aromatic carbocycles. The standard InChI is InChI=1S/C18H18Cl2N4O2/c1-23(10-12-8-22-24(2)11-12)18(25)6-5-17-21-9-16(26-17)14-4-3-13(19)7-15(14)20/h3-4,7-9,11H,5-6,10H2,1-2H3. The third kappa shape index (κ3) is 4.45. The van der Waals surface area contributed by atoms with Gasteiger partial charge in [0.1, 0.15) is 0 Å². The molecule has 0 aliphatic carbocycles. The van der Waals surface area contributed by atoms with Crippen molar-refractivity contribution in [3.05, 3.63) is 58.3 Å². The first-order valence-electron chi connectivity index (χ1n) is 8.04. The van der Waals surface area contributed by atoms with Crippen LogP contribution in [0.15, 0.2) is 41.2 Å². The van der Waals surface area contributed by atoms with Crippen molar-refractivity contribution in [2.24, 2.45) is 7.05 Å². The highest BCUT2D eigenvalue weighted by Crippen LogP contribution is 2.30. The van der Waals surface area contributed by atoms with Crippen LogP contribution in [-0.2, 0) is 24.8 Å². The summed E-state index contributed by atoms with van der Waals surface area (Å²) in [5.41, 5.74) is 1.70. The molecule has 0 aliphatic heterocycles. The smallest absolute Gasteiger partial charge is 0.223 e. The number of oxazole rings is 1. The number of aromatic nitrogens is 3. The summed E-state index contributed by atoms with van der Waals surface area (Å²) in [6.07, 6.45) is 5.97. The Morgan fingerprint density at radius 1 is 1.31 bits per heavy atom. The molecule has 0 spiro atoms. The van der Waals surface area contributed by atoms with Gasteiger partial charge in [-0.15, -0.1) is 0 Å². The molecule has 8 heteroatoms. The van der Waals surface area contributed by atoms with E-state index in [4.69, 9.17) is 27.6 Å². The van der Waals surface area contributed by atoms with E-state index in [1.54, 1.807) is 47.2 Å². The zero-order chi connectivity index (χ0) is 18.7. The number of amides is 1. The third-order valence-electron chi connectivity index (χ3n) is 3.91. The summed E-state index contributed by atoms with van der Waals surface area (Å²) < 4.78 is 7.43. The second-order valence-corrected chi connectivity index (χ2v) is 6.86. The van der Waals surface area contributed by atoms with Crippen molar-refractivity contribution in [3.8, 4) is 11.3 Å². The van der Waals surface area contributed by atoms with Crippen LogP contribution in [0.3, 0.4) is 0 Å². The van der Waals surface area contributed by atoms with E-state index in [2.05, 4.69) is 10.1 Å². The second-order valence-electron chi connectivity index (χ2n) is 6.01. The molecule has 2 aromatic heterocycles. The minimum Gasteiger partial charge on any atom is -0.441 e. The van der Waals surface area contributed by atoms with Gasteiger partial charge < -0.3 is 9.32 Å². The van der Waals surface area contributed by atoms with Crippen molar-refractivity contribution in [1.82, 2.24) is 19.7 Å². The highest BCUT2D eigenvalue weighted by molar-refractivity contribution is 6.36. The number of nitrogens with zero attached hydrogens (tertiary/aromatic N) is 4. The van der Waals surface area contributed by atoms with Gasteiger partial charge in [0, 0.05) is 55.8 Å². The quantitative estimate of drug-likeness (QED) is 0.636. The Hall–Kier alpha value is -2.31. The number of hydrogen-bond acceptors (Lipinski definition) is 4. The highest BCUT2D eigenvalue weighted by atomic mass is 35.5. The van der Waals surface area contributed by atoms with E-state index in [9.17, 15) is 4.79 Å². The molecule has 26 heavy (non-hydrogen) atoms. The van der Waals surface area contributed by atoms with E-state index in [0.717, 1.165) is 11.1 Å². The van der Waals surface area contributed by atoms with Crippen molar-refractivity contribution in [1.29, 1.82) is 0 Å². The topological polar surface area (TPSA) is 64.2 Å². The zero-order valence-electron chi connectivity index (χ0n) is 14.4. The third-order valence-corrected chi connectivity index (χ3v) is 4.45. The average molecular weight is 393 g/mol. The van der Waals surface area contributed by atoms with Crippen LogP contribution in [0.4, 0.5) is 0 Å². The molecule has 0 radical (unpaired) electrons. The summed E-state index contributed by atoms with van der Waals surface area (Å²) in [7, 11) is 3.61. The summed E-state index contributed by atoms with van der Waals surface area (Å²) in [5.74, 6) is 1.06. The molecule has 0 atom stereocenters. The maximum absolute atomic E-state index is 12.3. The van der Waals surface area contributed by atoms with Crippen LogP contribution in [0.25, 0.3) is 11.3 Å². The van der Waals surface area contributed by atoms with E-state index in [1.165, 1.54) is 0 Å². The first-order chi connectivity index (χ1) is 12.4. The normalized spacial score (nSPS) is 10.9. The van der Waals surface area contributed by atoms with E-state index < -0.39 is 0 Å². The van der Waals surface area contributed by atoms with Crippen LogP contribution in [0.2, 0.25) is 10.0 Å². The lowest BCUT2D eigenvalue weighted by Crippen LogP contribution is -2.26. The summed E-state index contributed by atoms with van der Waals surface area (Å²) in [4.78, 5) is 18.2. The predicted octanol–water partition coefficient (Wildman–Crippen LogP) is 3.97. The number of carbonyl (C=O) groups excluding carboxylic acids is 1. The Kier molecular flexibility index (Phi) is 5.64. The summed E-state index contributed by atoms with van der Waals surface area (Å²) in [6, 6.07) is 5.17. The predicted molar refractivity (Wildman–Crippen MR) is 100.0 cm³/mol. The highest BCUT2D eigenvalue weighted by Gasteiger charge is 2.14. The first-order valence-corrected chi connectivity index (χ1v) is 8.79. The molecule has 6 nitrogen and oxygen atoms in total. The summed E-state index contributed by atoms with van der Waals surface area (Å²) >= 11 is 12.1. The minimum absolute atomic E-state index is 0.0122. The molecular weight excluding hydrogens is 375 g/mol. The molecule has 0 bridgehead atoms. The van der Waals surface area contributed by atoms with Gasteiger partial charge in [-0.3, -0.25) is 9.48 Å².